The molecule has 1 aromatic rings. The molecule has 0 aromatic carbocycles. The molecule has 1 rings (SSSR count). The molecule has 2 N–H and O–H groups in total. The maximum Gasteiger partial charge on any atom is 0.151 e. The summed E-state index contributed by atoms with van der Waals surface area (Å²) >= 11 is 0. The summed E-state index contributed by atoms with van der Waals surface area (Å²) in [6.07, 6.45) is 3.48. The number of hydrogen-bond donors (Lipinski definition) is 2. The number of nitrogens with one attached hydrogen (secondary N) is 2. The van der Waals surface area contributed by atoms with Crippen molar-refractivity contribution in [2.75, 3.05) is 5.32 Å². The topological polar surface area (TPSA) is 40.7 Å². The fourth-order valence-electron chi connectivity index (χ4n) is 1.81. The summed E-state index contributed by atoms with van der Waals surface area (Å²) in [5, 5.41) is 10.9. The molecule has 0 saturated heterocycles. The normalized spacial score (nSPS) is 13.1. The zero-order valence-electron chi connectivity index (χ0n) is 11.2. The average Bonchev–Trinajstić information content (AvgIpc) is 2.57. The van der Waals surface area contributed by atoms with Gasteiger partial charge in [-0.1, -0.05) is 20.8 Å². The minimum Gasteiger partial charge on any atom is -0.366 e. The van der Waals surface area contributed by atoms with Crippen LogP contribution >= 0.6 is 0 Å². The van der Waals surface area contributed by atoms with Crippen molar-refractivity contribution in [1.82, 2.24) is 10.2 Å². The first-order chi connectivity index (χ1) is 7.54. The van der Waals surface area contributed by atoms with Crippen LogP contribution in [-0.4, -0.2) is 16.2 Å². The lowest BCUT2D eigenvalue weighted by Crippen LogP contribution is -2.16. The molecule has 3 heteroatoms. The molecule has 0 amide bonds. The Labute approximate surface area is 99.0 Å². The van der Waals surface area contributed by atoms with Gasteiger partial charge in [-0.15, -0.1) is 0 Å². The summed E-state index contributed by atoms with van der Waals surface area (Å²) in [5.74, 6) is 1.80. The monoisotopic (exact) mass is 223 g/mol. The minimum absolute atomic E-state index is 0.495. The summed E-state index contributed by atoms with van der Waals surface area (Å²) in [6, 6.07) is 0.495. The average molecular weight is 223 g/mol. The summed E-state index contributed by atoms with van der Waals surface area (Å²) < 4.78 is 0. The highest BCUT2D eigenvalue weighted by molar-refractivity contribution is 5.46. The number of aromatic amines is 1. The molecule has 1 atom stereocenters. The Kier molecular flexibility index (Phi) is 4.84. The second-order valence-electron chi connectivity index (χ2n) is 5.05. The van der Waals surface area contributed by atoms with Gasteiger partial charge in [-0.25, -0.2) is 0 Å². The minimum atomic E-state index is 0.495. The first-order valence-corrected chi connectivity index (χ1v) is 6.35. The van der Waals surface area contributed by atoms with Crippen molar-refractivity contribution in [3.63, 3.8) is 0 Å². The molecule has 0 saturated carbocycles. The van der Waals surface area contributed by atoms with E-state index in [1.165, 1.54) is 24.1 Å². The van der Waals surface area contributed by atoms with Crippen LogP contribution in [0.25, 0.3) is 0 Å². The maximum atomic E-state index is 4.32. The van der Waals surface area contributed by atoms with Crippen LogP contribution in [0, 0.1) is 12.8 Å². The van der Waals surface area contributed by atoms with E-state index in [2.05, 4.69) is 50.1 Å². The molecule has 1 heterocycles. The van der Waals surface area contributed by atoms with E-state index >= 15 is 0 Å². The molecule has 0 fully saturated rings. The Bertz CT molecular complexity index is 315. The molecular weight excluding hydrogens is 198 g/mol. The van der Waals surface area contributed by atoms with Gasteiger partial charge in [0.25, 0.3) is 0 Å². The Hall–Kier alpha value is -0.990. The van der Waals surface area contributed by atoms with Crippen LogP contribution in [0.3, 0.4) is 0 Å². The smallest absolute Gasteiger partial charge is 0.151 e. The van der Waals surface area contributed by atoms with Crippen molar-refractivity contribution >= 4 is 5.82 Å². The standard InChI is InChI=1S/C13H25N3/c1-6-12-11(5)13(16-15-12)14-10(4)8-7-9(2)3/h9-10H,6-8H2,1-5H3,(H2,14,15,16). The van der Waals surface area contributed by atoms with Gasteiger partial charge in [0, 0.05) is 17.3 Å². The van der Waals surface area contributed by atoms with Gasteiger partial charge in [-0.05, 0) is 39.0 Å². The Morgan fingerprint density at radius 3 is 2.44 bits per heavy atom. The van der Waals surface area contributed by atoms with Crippen molar-refractivity contribution in [2.24, 2.45) is 5.92 Å². The zero-order chi connectivity index (χ0) is 12.1. The highest BCUT2D eigenvalue weighted by Crippen LogP contribution is 2.18. The van der Waals surface area contributed by atoms with Gasteiger partial charge in [0.1, 0.15) is 0 Å². The van der Waals surface area contributed by atoms with E-state index in [0.29, 0.717) is 6.04 Å². The number of hydrogen-bond acceptors (Lipinski definition) is 2. The Balaban J connectivity index is 2.49. The molecule has 0 aliphatic heterocycles. The molecule has 0 radical (unpaired) electrons. The third-order valence-electron chi connectivity index (χ3n) is 3.02. The summed E-state index contributed by atoms with van der Waals surface area (Å²) in [7, 11) is 0. The molecule has 92 valence electrons. The highest BCUT2D eigenvalue weighted by atomic mass is 15.2. The van der Waals surface area contributed by atoms with Crippen molar-refractivity contribution in [1.29, 1.82) is 0 Å². The van der Waals surface area contributed by atoms with Crippen LogP contribution < -0.4 is 5.32 Å². The SMILES string of the molecule is CCc1[nH]nc(NC(C)CCC(C)C)c1C. The molecule has 0 spiro atoms. The number of nitrogens with zero attached hydrogens (tertiary/aromatic N) is 1. The molecule has 1 aromatic heterocycles. The maximum absolute atomic E-state index is 4.32. The van der Waals surface area contributed by atoms with Gasteiger partial charge in [-0.2, -0.15) is 5.10 Å². The molecule has 0 aliphatic rings. The summed E-state index contributed by atoms with van der Waals surface area (Å²) in [6.45, 7) is 11.0. The van der Waals surface area contributed by atoms with Gasteiger partial charge in [0.2, 0.25) is 0 Å². The van der Waals surface area contributed by atoms with Crippen LogP contribution in [0.2, 0.25) is 0 Å². The van der Waals surface area contributed by atoms with E-state index in [0.717, 1.165) is 18.2 Å². The second-order valence-corrected chi connectivity index (χ2v) is 5.05. The van der Waals surface area contributed by atoms with E-state index in [4.69, 9.17) is 0 Å². The number of aromatic nitrogens is 2. The lowest BCUT2D eigenvalue weighted by atomic mass is 10.0. The van der Waals surface area contributed by atoms with E-state index in [-0.39, 0.29) is 0 Å². The van der Waals surface area contributed by atoms with Crippen molar-refractivity contribution in [2.45, 2.75) is 59.9 Å². The van der Waals surface area contributed by atoms with Crippen LogP contribution in [0.4, 0.5) is 5.82 Å². The van der Waals surface area contributed by atoms with Crippen molar-refractivity contribution in [3.8, 4) is 0 Å². The fraction of sp³-hybridized carbons (Fsp3) is 0.769. The van der Waals surface area contributed by atoms with E-state index < -0.39 is 0 Å². The van der Waals surface area contributed by atoms with Gasteiger partial charge in [0.15, 0.2) is 5.82 Å². The van der Waals surface area contributed by atoms with Gasteiger partial charge < -0.3 is 5.32 Å². The number of H-pyrrole nitrogens is 1. The fourth-order valence-corrected chi connectivity index (χ4v) is 1.81. The third kappa shape index (κ3) is 3.54. The van der Waals surface area contributed by atoms with Gasteiger partial charge in [-0.3, -0.25) is 5.10 Å². The van der Waals surface area contributed by atoms with Crippen LogP contribution in [-0.2, 0) is 6.42 Å². The van der Waals surface area contributed by atoms with Crippen LogP contribution in [0.15, 0.2) is 0 Å². The summed E-state index contributed by atoms with van der Waals surface area (Å²) in [5.41, 5.74) is 2.50. The van der Waals surface area contributed by atoms with Crippen LogP contribution in [0.1, 0.15) is 51.8 Å². The number of rotatable bonds is 6. The predicted octanol–water partition coefficient (Wildman–Crippen LogP) is 3.52. The number of anilines is 1. The van der Waals surface area contributed by atoms with Crippen molar-refractivity contribution < 1.29 is 0 Å². The zero-order valence-corrected chi connectivity index (χ0v) is 11.2. The van der Waals surface area contributed by atoms with Gasteiger partial charge in [0.05, 0.1) is 0 Å². The quantitative estimate of drug-likeness (QED) is 0.774. The first kappa shape index (κ1) is 13.1. The van der Waals surface area contributed by atoms with E-state index in [1.54, 1.807) is 0 Å². The number of aryl methyl sites for hydroxylation is 1. The van der Waals surface area contributed by atoms with Crippen LogP contribution in [0.5, 0.6) is 0 Å². The van der Waals surface area contributed by atoms with E-state index in [1.807, 2.05) is 0 Å². The second kappa shape index (κ2) is 5.92. The molecular formula is C13H25N3. The Morgan fingerprint density at radius 1 is 1.25 bits per heavy atom. The third-order valence-corrected chi connectivity index (χ3v) is 3.02. The molecule has 0 aliphatic carbocycles. The molecule has 0 bridgehead atoms. The van der Waals surface area contributed by atoms with Crippen molar-refractivity contribution in [3.05, 3.63) is 11.3 Å². The first-order valence-electron chi connectivity index (χ1n) is 6.35. The largest absolute Gasteiger partial charge is 0.366 e. The van der Waals surface area contributed by atoms with Gasteiger partial charge >= 0.3 is 0 Å². The highest BCUT2D eigenvalue weighted by Gasteiger charge is 2.10. The molecule has 16 heavy (non-hydrogen) atoms. The van der Waals surface area contributed by atoms with E-state index in [9.17, 15) is 0 Å². The lowest BCUT2D eigenvalue weighted by Gasteiger charge is -2.15. The predicted molar refractivity (Wildman–Crippen MR) is 69.9 cm³/mol. The molecule has 3 nitrogen and oxygen atoms in total. The lowest BCUT2D eigenvalue weighted by molar-refractivity contribution is 0.527. The molecule has 1 unspecified atom stereocenters. The Morgan fingerprint density at radius 2 is 1.94 bits per heavy atom. The summed E-state index contributed by atoms with van der Waals surface area (Å²) in [4.78, 5) is 0.